The van der Waals surface area contributed by atoms with E-state index in [0.717, 1.165) is 18.9 Å². The first-order valence-corrected chi connectivity index (χ1v) is 12.0. The fourth-order valence-electron chi connectivity index (χ4n) is 2.45. The molecular weight excluding hydrogens is 507 g/mol. The van der Waals surface area contributed by atoms with Crippen LogP contribution in [0.3, 0.4) is 0 Å². The Morgan fingerprint density at radius 2 is 1.83 bits per heavy atom. The van der Waals surface area contributed by atoms with Gasteiger partial charge in [0.1, 0.15) is 15.4 Å². The third-order valence-electron chi connectivity index (χ3n) is 3.91. The molecule has 0 saturated heterocycles. The molecule has 0 bridgehead atoms. The van der Waals surface area contributed by atoms with Crippen LogP contribution in [0.25, 0.3) is 0 Å². The van der Waals surface area contributed by atoms with Gasteiger partial charge in [0.2, 0.25) is 0 Å². The highest BCUT2D eigenvalue weighted by Crippen LogP contribution is 2.11. The highest BCUT2D eigenvalue weighted by atomic mass is 127. The van der Waals surface area contributed by atoms with E-state index in [1.165, 1.54) is 6.26 Å². The maximum absolute atomic E-state index is 12.1. The molecule has 1 amide bonds. The Morgan fingerprint density at radius 3 is 2.28 bits per heavy atom. The zero-order chi connectivity index (χ0) is 22.0. The Kier molecular flexibility index (Phi) is 15.0. The van der Waals surface area contributed by atoms with Crippen LogP contribution in [-0.2, 0) is 14.6 Å². The Balaban J connectivity index is 0. The number of amides is 1. The van der Waals surface area contributed by atoms with Gasteiger partial charge < -0.3 is 20.3 Å². The minimum Gasteiger partial charge on any atom is -0.444 e. The van der Waals surface area contributed by atoms with Gasteiger partial charge in [-0.15, -0.1) is 24.0 Å². The molecule has 0 radical (unpaired) electrons. The van der Waals surface area contributed by atoms with E-state index in [9.17, 15) is 13.2 Å². The van der Waals surface area contributed by atoms with Gasteiger partial charge >= 0.3 is 6.09 Å². The lowest BCUT2D eigenvalue weighted by Gasteiger charge is -2.28. The number of carbonyl (C=O) groups is 1. The van der Waals surface area contributed by atoms with Crippen molar-refractivity contribution in [2.24, 2.45) is 10.9 Å². The summed E-state index contributed by atoms with van der Waals surface area (Å²) in [5, 5.41) is 6.17. The molecule has 0 aromatic carbocycles. The number of aliphatic imine (C=N–C) groups is 1. The average Bonchev–Trinajstić information content (AvgIpc) is 2.51. The third-order valence-corrected chi connectivity index (χ3v) is 4.94. The van der Waals surface area contributed by atoms with Crippen LogP contribution in [-0.4, -0.2) is 75.7 Å². The van der Waals surface area contributed by atoms with Crippen molar-refractivity contribution in [3.05, 3.63) is 0 Å². The molecule has 10 heteroatoms. The molecule has 174 valence electrons. The zero-order valence-corrected chi connectivity index (χ0v) is 22.4. The molecule has 0 saturated carbocycles. The van der Waals surface area contributed by atoms with E-state index in [1.807, 2.05) is 39.6 Å². The minimum atomic E-state index is -2.97. The topological polar surface area (TPSA) is 100 Å². The lowest BCUT2D eigenvalue weighted by atomic mass is 10.0. The molecule has 0 aromatic rings. The Bertz CT molecular complexity index is 604. The van der Waals surface area contributed by atoms with Crippen molar-refractivity contribution in [1.82, 2.24) is 15.5 Å². The summed E-state index contributed by atoms with van der Waals surface area (Å²) in [6.45, 7) is 13.5. The molecule has 0 spiro atoms. The summed E-state index contributed by atoms with van der Waals surface area (Å²) in [4.78, 5) is 18.6. The molecule has 29 heavy (non-hydrogen) atoms. The fourth-order valence-corrected chi connectivity index (χ4v) is 3.10. The number of hydrogen-bond donors (Lipinski definition) is 2. The Morgan fingerprint density at radius 1 is 1.24 bits per heavy atom. The lowest BCUT2D eigenvalue weighted by Crippen LogP contribution is -2.45. The summed E-state index contributed by atoms with van der Waals surface area (Å²) in [6, 6.07) is -0.0228. The van der Waals surface area contributed by atoms with Gasteiger partial charge in [0.05, 0.1) is 5.75 Å². The molecule has 0 aliphatic carbocycles. The first-order chi connectivity index (χ1) is 12.7. The quantitative estimate of drug-likeness (QED) is 0.189. The summed E-state index contributed by atoms with van der Waals surface area (Å²) in [7, 11) is -1.03. The molecule has 0 fully saturated rings. The lowest BCUT2D eigenvalue weighted by molar-refractivity contribution is 0.0485. The predicted octanol–water partition coefficient (Wildman–Crippen LogP) is 2.88. The molecule has 1 unspecified atom stereocenters. The monoisotopic (exact) mass is 548 g/mol. The molecule has 8 nitrogen and oxygen atoms in total. The number of rotatable bonds is 10. The Labute approximate surface area is 194 Å². The van der Waals surface area contributed by atoms with Gasteiger partial charge in [0.25, 0.3) is 0 Å². The van der Waals surface area contributed by atoms with Crippen molar-refractivity contribution in [3.63, 3.8) is 0 Å². The van der Waals surface area contributed by atoms with Crippen molar-refractivity contribution in [2.75, 3.05) is 38.7 Å². The zero-order valence-electron chi connectivity index (χ0n) is 19.2. The largest absolute Gasteiger partial charge is 0.444 e. The highest BCUT2D eigenvalue weighted by molar-refractivity contribution is 14.0. The number of ether oxygens (including phenoxy) is 1. The van der Waals surface area contributed by atoms with Crippen molar-refractivity contribution >= 4 is 45.9 Å². The maximum atomic E-state index is 12.1. The van der Waals surface area contributed by atoms with Crippen LogP contribution < -0.4 is 10.6 Å². The number of halogens is 1. The van der Waals surface area contributed by atoms with Crippen molar-refractivity contribution < 1.29 is 17.9 Å². The van der Waals surface area contributed by atoms with Crippen LogP contribution in [0.5, 0.6) is 0 Å². The van der Waals surface area contributed by atoms with Crippen LogP contribution in [0.2, 0.25) is 0 Å². The normalized spacial score (nSPS) is 13.5. The summed E-state index contributed by atoms with van der Waals surface area (Å²) < 4.78 is 27.8. The first-order valence-electron chi connectivity index (χ1n) is 9.92. The molecular formula is C19H41IN4O4S. The minimum absolute atomic E-state index is 0. The van der Waals surface area contributed by atoms with Gasteiger partial charge in [0.15, 0.2) is 5.96 Å². The first kappa shape index (κ1) is 30.4. The van der Waals surface area contributed by atoms with Gasteiger partial charge in [-0.05, 0) is 46.5 Å². The number of nitrogens with zero attached hydrogens (tertiary/aromatic N) is 2. The van der Waals surface area contributed by atoms with E-state index in [-0.39, 0.29) is 41.7 Å². The standard InChI is InChI=1S/C19H40N4O4S.HI/c1-9-20-17(21-12-10-14-28(8,25)26)23(7)13-11-16(15(2)3)22-18(24)27-19(4,5)6;/h15-16H,9-14H2,1-8H3,(H,20,21)(H,22,24);1H. The van der Waals surface area contributed by atoms with Gasteiger partial charge in [-0.25, -0.2) is 13.2 Å². The second-order valence-electron chi connectivity index (χ2n) is 8.43. The molecule has 2 N–H and O–H groups in total. The fraction of sp³-hybridized carbons (Fsp3) is 0.895. The van der Waals surface area contributed by atoms with Gasteiger partial charge in [-0.3, -0.25) is 4.99 Å². The van der Waals surface area contributed by atoms with Crippen molar-refractivity contribution in [2.45, 2.75) is 66.0 Å². The van der Waals surface area contributed by atoms with Gasteiger partial charge in [-0.1, -0.05) is 13.8 Å². The van der Waals surface area contributed by atoms with E-state index in [4.69, 9.17) is 4.74 Å². The van der Waals surface area contributed by atoms with Gasteiger partial charge in [-0.2, -0.15) is 0 Å². The van der Waals surface area contributed by atoms with Crippen LogP contribution in [0.1, 0.15) is 54.4 Å². The second kappa shape index (κ2) is 14.3. The molecule has 0 aliphatic rings. The predicted molar refractivity (Wildman–Crippen MR) is 131 cm³/mol. The average molecular weight is 549 g/mol. The van der Waals surface area contributed by atoms with E-state index in [0.29, 0.717) is 19.5 Å². The summed E-state index contributed by atoms with van der Waals surface area (Å²) in [6.07, 6.45) is 2.06. The Hall–Kier alpha value is -0.780. The number of carbonyl (C=O) groups excluding carboxylic acids is 1. The van der Waals surface area contributed by atoms with E-state index in [2.05, 4.69) is 29.5 Å². The van der Waals surface area contributed by atoms with Crippen molar-refractivity contribution in [3.8, 4) is 0 Å². The number of sulfone groups is 1. The van der Waals surface area contributed by atoms with Crippen molar-refractivity contribution in [1.29, 1.82) is 0 Å². The molecule has 0 heterocycles. The van der Waals surface area contributed by atoms with Crippen LogP contribution >= 0.6 is 24.0 Å². The summed E-state index contributed by atoms with van der Waals surface area (Å²) in [5.41, 5.74) is -0.529. The SMILES string of the molecule is CCNC(=NCCCS(C)(=O)=O)N(C)CCC(NC(=O)OC(C)(C)C)C(C)C.I. The summed E-state index contributed by atoms with van der Waals surface area (Å²) in [5.74, 6) is 1.13. The third kappa shape index (κ3) is 16.7. The second-order valence-corrected chi connectivity index (χ2v) is 10.7. The number of guanidine groups is 1. The molecule has 0 aliphatic heterocycles. The van der Waals surface area contributed by atoms with Gasteiger partial charge in [0, 0.05) is 39.0 Å². The van der Waals surface area contributed by atoms with E-state index >= 15 is 0 Å². The number of alkyl carbamates (subject to hydrolysis) is 1. The highest BCUT2D eigenvalue weighted by Gasteiger charge is 2.22. The molecule has 1 atom stereocenters. The van der Waals surface area contributed by atoms with E-state index in [1.54, 1.807) is 0 Å². The van der Waals surface area contributed by atoms with Crippen LogP contribution in [0, 0.1) is 5.92 Å². The van der Waals surface area contributed by atoms with E-state index < -0.39 is 21.5 Å². The summed E-state index contributed by atoms with van der Waals surface area (Å²) >= 11 is 0. The van der Waals surface area contributed by atoms with Crippen LogP contribution in [0.15, 0.2) is 4.99 Å². The number of hydrogen-bond acceptors (Lipinski definition) is 5. The molecule has 0 aromatic heterocycles. The maximum Gasteiger partial charge on any atom is 0.407 e. The smallest absolute Gasteiger partial charge is 0.407 e. The van der Waals surface area contributed by atoms with Crippen LogP contribution in [0.4, 0.5) is 4.79 Å². The molecule has 0 rings (SSSR count). The number of nitrogens with one attached hydrogen (secondary N) is 2.